The van der Waals surface area contributed by atoms with Crippen molar-refractivity contribution in [2.45, 2.75) is 20.8 Å². The monoisotopic (exact) mass is 138 g/mol. The summed E-state index contributed by atoms with van der Waals surface area (Å²) in [5, 5.41) is 0. The fourth-order valence-electron chi connectivity index (χ4n) is 0.655. The van der Waals surface area contributed by atoms with Gasteiger partial charge in [0.25, 0.3) is 0 Å². The first-order valence-electron chi connectivity index (χ1n) is 3.48. The summed E-state index contributed by atoms with van der Waals surface area (Å²) in [4.78, 5) is 10.4. The van der Waals surface area contributed by atoms with Crippen LogP contribution in [0.2, 0.25) is 0 Å². The second-order valence-corrected chi connectivity index (χ2v) is 2.35. The quantitative estimate of drug-likeness (QED) is 0.432. The van der Waals surface area contributed by atoms with Crippen molar-refractivity contribution in [3.05, 3.63) is 24.3 Å². The van der Waals surface area contributed by atoms with Crippen molar-refractivity contribution < 1.29 is 4.79 Å². The Kier molecular flexibility index (Phi) is 4.55. The SMILES string of the molecule is C/C=C/C(C)/C=C/C(C)=O. The van der Waals surface area contributed by atoms with Crippen LogP contribution >= 0.6 is 0 Å². The first kappa shape index (κ1) is 9.15. The highest BCUT2D eigenvalue weighted by Gasteiger charge is 1.88. The fraction of sp³-hybridized carbons (Fsp3) is 0.444. The van der Waals surface area contributed by atoms with Crippen LogP contribution in [0, 0.1) is 5.92 Å². The van der Waals surface area contributed by atoms with Gasteiger partial charge in [-0.1, -0.05) is 25.2 Å². The van der Waals surface area contributed by atoms with Gasteiger partial charge in [0.1, 0.15) is 0 Å². The maximum atomic E-state index is 10.4. The lowest BCUT2D eigenvalue weighted by Gasteiger charge is -1.93. The highest BCUT2D eigenvalue weighted by atomic mass is 16.1. The minimum Gasteiger partial charge on any atom is -0.295 e. The number of hydrogen-bond donors (Lipinski definition) is 0. The van der Waals surface area contributed by atoms with Gasteiger partial charge in [0.2, 0.25) is 0 Å². The van der Waals surface area contributed by atoms with Crippen LogP contribution in [0.3, 0.4) is 0 Å². The fourth-order valence-corrected chi connectivity index (χ4v) is 0.655. The van der Waals surface area contributed by atoms with E-state index in [4.69, 9.17) is 0 Å². The number of rotatable bonds is 3. The summed E-state index contributed by atoms with van der Waals surface area (Å²) < 4.78 is 0. The van der Waals surface area contributed by atoms with Crippen LogP contribution in [0.25, 0.3) is 0 Å². The van der Waals surface area contributed by atoms with Crippen LogP contribution in [0.5, 0.6) is 0 Å². The molecule has 0 amide bonds. The zero-order valence-electron chi connectivity index (χ0n) is 6.79. The molecule has 1 nitrogen and oxygen atoms in total. The van der Waals surface area contributed by atoms with Gasteiger partial charge in [-0.3, -0.25) is 4.79 Å². The van der Waals surface area contributed by atoms with Gasteiger partial charge in [-0.25, -0.2) is 0 Å². The maximum Gasteiger partial charge on any atom is 0.152 e. The van der Waals surface area contributed by atoms with Gasteiger partial charge in [-0.05, 0) is 25.8 Å². The van der Waals surface area contributed by atoms with Crippen molar-refractivity contribution in [3.63, 3.8) is 0 Å². The predicted molar refractivity (Wildman–Crippen MR) is 43.8 cm³/mol. The molecule has 1 unspecified atom stereocenters. The lowest BCUT2D eigenvalue weighted by molar-refractivity contribution is -0.112. The molecule has 56 valence electrons. The predicted octanol–water partition coefficient (Wildman–Crippen LogP) is 2.34. The number of allylic oxidation sites excluding steroid dienone is 4. The van der Waals surface area contributed by atoms with E-state index in [1.807, 2.05) is 32.1 Å². The molecule has 1 atom stereocenters. The van der Waals surface area contributed by atoms with Crippen LogP contribution in [0.1, 0.15) is 20.8 Å². The van der Waals surface area contributed by atoms with E-state index in [0.717, 1.165) is 0 Å². The third kappa shape index (κ3) is 5.29. The number of ketones is 1. The Hall–Kier alpha value is -0.850. The minimum absolute atomic E-state index is 0.108. The highest BCUT2D eigenvalue weighted by molar-refractivity contribution is 5.87. The Balaban J connectivity index is 3.77. The molecule has 10 heavy (non-hydrogen) atoms. The van der Waals surface area contributed by atoms with Gasteiger partial charge in [-0.15, -0.1) is 0 Å². The summed E-state index contributed by atoms with van der Waals surface area (Å²) in [6.07, 6.45) is 7.52. The average molecular weight is 138 g/mol. The molecule has 0 aliphatic heterocycles. The summed E-state index contributed by atoms with van der Waals surface area (Å²) >= 11 is 0. The zero-order valence-corrected chi connectivity index (χ0v) is 6.79. The number of carbonyl (C=O) groups is 1. The molecule has 0 bridgehead atoms. The Labute approximate surface area is 62.4 Å². The summed E-state index contributed by atoms with van der Waals surface area (Å²) in [6, 6.07) is 0. The van der Waals surface area contributed by atoms with Crippen LogP contribution in [-0.4, -0.2) is 5.78 Å². The Morgan fingerprint density at radius 1 is 1.40 bits per heavy atom. The molecule has 0 saturated heterocycles. The smallest absolute Gasteiger partial charge is 0.152 e. The molecule has 0 aliphatic rings. The zero-order chi connectivity index (χ0) is 7.98. The summed E-state index contributed by atoms with van der Waals surface area (Å²) in [7, 11) is 0. The summed E-state index contributed by atoms with van der Waals surface area (Å²) in [6.45, 7) is 5.57. The van der Waals surface area contributed by atoms with Crippen molar-refractivity contribution in [2.75, 3.05) is 0 Å². The Bertz CT molecular complexity index is 154. The van der Waals surface area contributed by atoms with E-state index in [2.05, 4.69) is 0 Å². The molecule has 0 spiro atoms. The molecule has 0 aromatic heterocycles. The van der Waals surface area contributed by atoms with Crippen LogP contribution in [0.15, 0.2) is 24.3 Å². The van der Waals surface area contributed by atoms with Gasteiger partial charge in [0, 0.05) is 0 Å². The molecule has 0 radical (unpaired) electrons. The number of hydrogen-bond acceptors (Lipinski definition) is 1. The van der Waals surface area contributed by atoms with Gasteiger partial charge in [-0.2, -0.15) is 0 Å². The largest absolute Gasteiger partial charge is 0.295 e. The van der Waals surface area contributed by atoms with E-state index in [0.29, 0.717) is 5.92 Å². The topological polar surface area (TPSA) is 17.1 Å². The van der Waals surface area contributed by atoms with Gasteiger partial charge >= 0.3 is 0 Å². The second-order valence-electron chi connectivity index (χ2n) is 2.35. The van der Waals surface area contributed by atoms with Gasteiger partial charge in [0.05, 0.1) is 0 Å². The lowest BCUT2D eigenvalue weighted by atomic mass is 10.1. The van der Waals surface area contributed by atoms with Crippen molar-refractivity contribution in [1.82, 2.24) is 0 Å². The van der Waals surface area contributed by atoms with Crippen molar-refractivity contribution >= 4 is 5.78 Å². The third-order valence-electron chi connectivity index (χ3n) is 1.13. The molecule has 1 heteroatoms. The van der Waals surface area contributed by atoms with E-state index >= 15 is 0 Å². The first-order chi connectivity index (χ1) is 4.66. The molecule has 0 heterocycles. The van der Waals surface area contributed by atoms with Crippen LogP contribution in [-0.2, 0) is 4.79 Å². The normalized spacial score (nSPS) is 14.7. The molecule has 0 saturated carbocycles. The molecule has 0 N–H and O–H groups in total. The maximum absolute atomic E-state index is 10.4. The molecule has 0 aromatic rings. The van der Waals surface area contributed by atoms with Crippen LogP contribution < -0.4 is 0 Å². The average Bonchev–Trinajstić information content (AvgIpc) is 1.85. The highest BCUT2D eigenvalue weighted by Crippen LogP contribution is 1.98. The van der Waals surface area contributed by atoms with Crippen molar-refractivity contribution in [2.24, 2.45) is 5.92 Å². The molecule has 0 rings (SSSR count). The summed E-state index contributed by atoms with van der Waals surface area (Å²) in [5.74, 6) is 0.477. The lowest BCUT2D eigenvalue weighted by Crippen LogP contribution is -1.85. The second kappa shape index (κ2) is 4.98. The Morgan fingerprint density at radius 2 is 2.00 bits per heavy atom. The van der Waals surface area contributed by atoms with E-state index in [1.165, 1.54) is 0 Å². The van der Waals surface area contributed by atoms with Gasteiger partial charge in [0.15, 0.2) is 5.78 Å². The molecular weight excluding hydrogens is 124 g/mol. The van der Waals surface area contributed by atoms with E-state index in [-0.39, 0.29) is 5.78 Å². The molecular formula is C9H14O. The van der Waals surface area contributed by atoms with Crippen LogP contribution in [0.4, 0.5) is 0 Å². The van der Waals surface area contributed by atoms with Crippen molar-refractivity contribution in [1.29, 1.82) is 0 Å². The minimum atomic E-state index is 0.108. The molecule has 0 fully saturated rings. The Morgan fingerprint density at radius 3 is 2.40 bits per heavy atom. The molecule has 0 aromatic carbocycles. The van der Waals surface area contributed by atoms with E-state index in [1.54, 1.807) is 13.0 Å². The standard InChI is InChI=1S/C9H14O/c1-4-5-8(2)6-7-9(3)10/h4-8H,1-3H3/b5-4+,7-6+. The third-order valence-corrected chi connectivity index (χ3v) is 1.13. The van der Waals surface area contributed by atoms with E-state index < -0.39 is 0 Å². The first-order valence-corrected chi connectivity index (χ1v) is 3.48. The number of carbonyl (C=O) groups excluding carboxylic acids is 1. The summed E-state index contributed by atoms with van der Waals surface area (Å²) in [5.41, 5.74) is 0. The van der Waals surface area contributed by atoms with E-state index in [9.17, 15) is 4.79 Å². The molecule has 0 aliphatic carbocycles. The van der Waals surface area contributed by atoms with Crippen molar-refractivity contribution in [3.8, 4) is 0 Å². The van der Waals surface area contributed by atoms with Gasteiger partial charge < -0.3 is 0 Å².